The molecule has 1 aromatic carbocycles. The lowest BCUT2D eigenvalue weighted by Gasteiger charge is -1.96. The minimum Gasteiger partial charge on any atom is -0.505 e. The molecule has 0 amide bonds. The summed E-state index contributed by atoms with van der Waals surface area (Å²) in [5.41, 5.74) is 0.424. The van der Waals surface area contributed by atoms with Crippen LogP contribution in [0, 0.1) is 12.3 Å². The summed E-state index contributed by atoms with van der Waals surface area (Å²) in [4.78, 5) is 0. The van der Waals surface area contributed by atoms with Gasteiger partial charge in [-0.3, -0.25) is 0 Å². The topological polar surface area (TPSA) is 20.2 Å². The summed E-state index contributed by atoms with van der Waals surface area (Å²) in [5, 5.41) is 9.41. The van der Waals surface area contributed by atoms with Crippen LogP contribution in [-0.2, 0) is 0 Å². The van der Waals surface area contributed by atoms with E-state index in [2.05, 4.69) is 5.92 Å². The highest BCUT2D eigenvalue weighted by atomic mass is 35.5. The van der Waals surface area contributed by atoms with Crippen molar-refractivity contribution in [2.75, 3.05) is 0 Å². The maximum atomic E-state index is 9.12. The van der Waals surface area contributed by atoms with Crippen molar-refractivity contribution in [2.45, 2.75) is 0 Å². The number of phenolic OH excluding ortho intramolecular Hbond substituents is 1. The highest BCUT2D eigenvalue weighted by Crippen LogP contribution is 2.25. The molecule has 0 aromatic heterocycles. The Balaban J connectivity index is 3.31. The smallest absolute Gasteiger partial charge is 0.149 e. The first kappa shape index (κ1) is 6.98. The van der Waals surface area contributed by atoms with E-state index in [1.54, 1.807) is 18.2 Å². The number of hydrogen-bond acceptors (Lipinski definition) is 1. The van der Waals surface area contributed by atoms with Gasteiger partial charge < -0.3 is 5.11 Å². The Hall–Kier alpha value is -1.13. The second kappa shape index (κ2) is 2.64. The Morgan fingerprint density at radius 2 is 2.20 bits per heavy atom. The minimum absolute atomic E-state index is 0.0216. The van der Waals surface area contributed by atoms with Gasteiger partial charge in [0.15, 0.2) is 0 Å². The lowest BCUT2D eigenvalue weighted by atomic mass is 10.2. The van der Waals surface area contributed by atoms with E-state index in [1.165, 1.54) is 0 Å². The largest absolute Gasteiger partial charge is 0.505 e. The summed E-state index contributed by atoms with van der Waals surface area (Å²) in [7, 11) is 0. The van der Waals surface area contributed by atoms with Gasteiger partial charge in [-0.05, 0) is 12.1 Å². The fraction of sp³-hybridized carbons (Fsp3) is 0. The molecule has 50 valence electrons. The van der Waals surface area contributed by atoms with E-state index in [-0.39, 0.29) is 10.8 Å². The molecular weight excluding hydrogens is 148 g/mol. The first-order valence-corrected chi connectivity index (χ1v) is 3.07. The van der Waals surface area contributed by atoms with Crippen molar-refractivity contribution < 1.29 is 5.11 Å². The SMILES string of the molecule is C#Cc1cccc(Cl)c1O. The number of benzene rings is 1. The van der Waals surface area contributed by atoms with E-state index >= 15 is 0 Å². The van der Waals surface area contributed by atoms with Gasteiger partial charge in [0.1, 0.15) is 5.75 Å². The monoisotopic (exact) mass is 152 g/mol. The number of para-hydroxylation sites is 1. The predicted octanol–water partition coefficient (Wildman–Crippen LogP) is 2.03. The van der Waals surface area contributed by atoms with E-state index in [4.69, 9.17) is 23.1 Å². The third-order valence-electron chi connectivity index (χ3n) is 1.14. The minimum atomic E-state index is -0.0216. The predicted molar refractivity (Wildman–Crippen MR) is 41.1 cm³/mol. The van der Waals surface area contributed by atoms with Crippen LogP contribution in [0.5, 0.6) is 5.75 Å². The van der Waals surface area contributed by atoms with Crippen LogP contribution in [0.2, 0.25) is 5.02 Å². The lowest BCUT2D eigenvalue weighted by molar-refractivity contribution is 0.474. The van der Waals surface area contributed by atoms with E-state index in [0.717, 1.165) is 0 Å². The maximum absolute atomic E-state index is 9.12. The van der Waals surface area contributed by atoms with Crippen LogP contribution in [0.1, 0.15) is 5.56 Å². The Bertz CT molecular complexity index is 286. The van der Waals surface area contributed by atoms with Crippen molar-refractivity contribution in [3.8, 4) is 18.1 Å². The summed E-state index contributed by atoms with van der Waals surface area (Å²) in [5.74, 6) is 2.28. The number of terminal acetylenes is 1. The quantitative estimate of drug-likeness (QED) is 0.564. The van der Waals surface area contributed by atoms with Crippen LogP contribution in [0.3, 0.4) is 0 Å². The second-order valence-electron chi connectivity index (χ2n) is 1.78. The first-order chi connectivity index (χ1) is 4.75. The lowest BCUT2D eigenvalue weighted by Crippen LogP contribution is -1.75. The molecule has 1 aromatic rings. The molecule has 0 aliphatic carbocycles. The molecule has 0 saturated carbocycles. The van der Waals surface area contributed by atoms with Crippen molar-refractivity contribution in [2.24, 2.45) is 0 Å². The van der Waals surface area contributed by atoms with Crippen LogP contribution in [0.15, 0.2) is 18.2 Å². The molecular formula is C8H5ClO. The van der Waals surface area contributed by atoms with Gasteiger partial charge in [-0.15, -0.1) is 6.42 Å². The molecule has 0 aliphatic rings. The summed E-state index contributed by atoms with van der Waals surface area (Å²) >= 11 is 5.55. The van der Waals surface area contributed by atoms with Gasteiger partial charge in [-0.25, -0.2) is 0 Å². The number of aromatic hydroxyl groups is 1. The molecule has 0 fully saturated rings. The summed E-state index contributed by atoms with van der Waals surface area (Å²) < 4.78 is 0. The number of rotatable bonds is 0. The van der Waals surface area contributed by atoms with Gasteiger partial charge in [0.25, 0.3) is 0 Å². The summed E-state index contributed by atoms with van der Waals surface area (Å²) in [6.07, 6.45) is 5.05. The fourth-order valence-corrected chi connectivity index (χ4v) is 0.806. The van der Waals surface area contributed by atoms with Crippen LogP contribution >= 0.6 is 11.6 Å². The van der Waals surface area contributed by atoms with Crippen molar-refractivity contribution in [3.05, 3.63) is 28.8 Å². The molecule has 0 aliphatic heterocycles. The number of hydrogen-bond donors (Lipinski definition) is 1. The zero-order valence-electron chi connectivity index (χ0n) is 5.13. The Kier molecular flexibility index (Phi) is 1.84. The highest BCUT2D eigenvalue weighted by molar-refractivity contribution is 6.32. The normalized spacial score (nSPS) is 8.80. The molecule has 0 radical (unpaired) electrons. The van der Waals surface area contributed by atoms with Crippen LogP contribution in [0.4, 0.5) is 0 Å². The van der Waals surface area contributed by atoms with Crippen molar-refractivity contribution in [1.29, 1.82) is 0 Å². The third-order valence-corrected chi connectivity index (χ3v) is 1.45. The second-order valence-corrected chi connectivity index (χ2v) is 2.19. The first-order valence-electron chi connectivity index (χ1n) is 2.70. The van der Waals surface area contributed by atoms with Gasteiger partial charge in [0.05, 0.1) is 10.6 Å². The van der Waals surface area contributed by atoms with Gasteiger partial charge in [0.2, 0.25) is 0 Å². The fourth-order valence-electron chi connectivity index (χ4n) is 0.632. The van der Waals surface area contributed by atoms with E-state index < -0.39 is 0 Å². The zero-order valence-corrected chi connectivity index (χ0v) is 5.89. The molecule has 0 spiro atoms. The molecule has 0 atom stereocenters. The maximum Gasteiger partial charge on any atom is 0.149 e. The summed E-state index contributed by atoms with van der Waals surface area (Å²) in [6, 6.07) is 4.90. The number of phenols is 1. The molecule has 1 N–H and O–H groups in total. The van der Waals surface area contributed by atoms with Crippen LogP contribution in [0.25, 0.3) is 0 Å². The van der Waals surface area contributed by atoms with Crippen molar-refractivity contribution in [1.82, 2.24) is 0 Å². The molecule has 0 unspecified atom stereocenters. The Morgan fingerprint density at radius 3 is 2.70 bits per heavy atom. The van der Waals surface area contributed by atoms with E-state index in [0.29, 0.717) is 5.56 Å². The van der Waals surface area contributed by atoms with Gasteiger partial charge >= 0.3 is 0 Å². The van der Waals surface area contributed by atoms with Crippen LogP contribution in [-0.4, -0.2) is 5.11 Å². The Morgan fingerprint density at radius 1 is 1.50 bits per heavy atom. The average Bonchev–Trinajstić information content (AvgIpc) is 1.95. The molecule has 2 heteroatoms. The third kappa shape index (κ3) is 1.07. The van der Waals surface area contributed by atoms with Gasteiger partial charge in [-0.1, -0.05) is 23.6 Å². The summed E-state index contributed by atoms with van der Waals surface area (Å²) in [6.45, 7) is 0. The molecule has 0 heterocycles. The molecule has 1 rings (SSSR count). The molecule has 1 nitrogen and oxygen atoms in total. The van der Waals surface area contributed by atoms with Crippen LogP contribution < -0.4 is 0 Å². The van der Waals surface area contributed by atoms with Crippen molar-refractivity contribution in [3.63, 3.8) is 0 Å². The molecule has 0 saturated heterocycles. The van der Waals surface area contributed by atoms with Crippen molar-refractivity contribution >= 4 is 11.6 Å². The van der Waals surface area contributed by atoms with E-state index in [1.807, 2.05) is 0 Å². The average molecular weight is 153 g/mol. The van der Waals surface area contributed by atoms with Gasteiger partial charge in [-0.2, -0.15) is 0 Å². The number of halogens is 1. The molecule has 0 bridgehead atoms. The molecule has 10 heavy (non-hydrogen) atoms. The highest BCUT2D eigenvalue weighted by Gasteiger charge is 1.99. The Labute approximate surface area is 64.3 Å². The van der Waals surface area contributed by atoms with E-state index in [9.17, 15) is 0 Å². The standard InChI is InChI=1S/C8H5ClO/c1-2-6-4-3-5-7(9)8(6)10/h1,3-5,10H. The van der Waals surface area contributed by atoms with Gasteiger partial charge in [0, 0.05) is 0 Å². The zero-order chi connectivity index (χ0) is 7.56.